The Morgan fingerprint density at radius 3 is 2.52 bits per heavy atom. The third-order valence-corrected chi connectivity index (χ3v) is 6.18. The Balaban J connectivity index is 1.21. The summed E-state index contributed by atoms with van der Waals surface area (Å²) in [5, 5.41) is 5.65. The third-order valence-electron chi connectivity index (χ3n) is 6.18. The highest BCUT2D eigenvalue weighted by molar-refractivity contribution is 6.07. The summed E-state index contributed by atoms with van der Waals surface area (Å²) in [5.41, 5.74) is 15.3. The van der Waals surface area contributed by atoms with Crippen LogP contribution in [0.3, 0.4) is 0 Å². The van der Waals surface area contributed by atoms with Gasteiger partial charge < -0.3 is 26.8 Å². The average Bonchev–Trinajstić information content (AvgIpc) is 3.55. The Morgan fingerprint density at radius 1 is 1.15 bits per heavy atom. The van der Waals surface area contributed by atoms with Crippen molar-refractivity contribution in [1.82, 2.24) is 5.32 Å². The van der Waals surface area contributed by atoms with Crippen molar-refractivity contribution >= 4 is 23.4 Å². The van der Waals surface area contributed by atoms with E-state index in [1.807, 2.05) is 55.5 Å². The molecule has 2 aliphatic rings. The lowest BCUT2D eigenvalue weighted by Crippen LogP contribution is -2.35. The monoisotopic (exact) mass is 446 g/mol. The molecule has 7 heteroatoms. The van der Waals surface area contributed by atoms with Gasteiger partial charge in [0.05, 0.1) is 11.4 Å². The topological polar surface area (TPSA) is 119 Å². The van der Waals surface area contributed by atoms with Gasteiger partial charge in [0, 0.05) is 29.5 Å². The van der Waals surface area contributed by atoms with Gasteiger partial charge in [-0.05, 0) is 36.1 Å². The van der Waals surface area contributed by atoms with Crippen LogP contribution in [0.2, 0.25) is 0 Å². The van der Waals surface area contributed by atoms with Gasteiger partial charge in [-0.3, -0.25) is 4.79 Å². The van der Waals surface area contributed by atoms with Gasteiger partial charge in [-0.15, -0.1) is 0 Å². The number of nitrogen functional groups attached to an aromatic ring is 1. The van der Waals surface area contributed by atoms with E-state index < -0.39 is 6.09 Å². The Bertz CT molecular complexity index is 1090. The van der Waals surface area contributed by atoms with Crippen molar-refractivity contribution < 1.29 is 14.3 Å². The fourth-order valence-electron chi connectivity index (χ4n) is 3.81. The van der Waals surface area contributed by atoms with Crippen LogP contribution in [0.1, 0.15) is 36.8 Å². The first-order chi connectivity index (χ1) is 15.8. The largest absolute Gasteiger partial charge is 0.445 e. The summed E-state index contributed by atoms with van der Waals surface area (Å²) in [7, 11) is 0. The lowest BCUT2D eigenvalue weighted by Gasteiger charge is -2.28. The number of nitrogens with two attached hydrogens (primary N) is 2. The van der Waals surface area contributed by atoms with Crippen molar-refractivity contribution in [2.45, 2.75) is 38.3 Å². The lowest BCUT2D eigenvalue weighted by atomic mass is 9.81. The van der Waals surface area contributed by atoms with Crippen molar-refractivity contribution in [3.63, 3.8) is 0 Å². The maximum Gasteiger partial charge on any atom is 0.407 e. The van der Waals surface area contributed by atoms with Crippen LogP contribution in [0.4, 0.5) is 16.2 Å². The first-order valence-electron chi connectivity index (χ1n) is 11.1. The lowest BCUT2D eigenvalue weighted by molar-refractivity contribution is -0.112. The molecule has 0 saturated heterocycles. The summed E-state index contributed by atoms with van der Waals surface area (Å²) in [6.07, 6.45) is 6.77. The second-order valence-electron chi connectivity index (χ2n) is 9.07. The molecule has 172 valence electrons. The van der Waals surface area contributed by atoms with Crippen LogP contribution in [0, 0.1) is 5.41 Å². The standard InChI is InChI=1S/C26H30N4O3/c1-26(12-10-19(11-13-26)24(31)30-23-5-3-2-4-21(23)27)16-29-25(32)33-15-17-6-8-18(9-7-17)20-14-22(20)28/h2-12,20,22H,13-16,27-28H2,1H3,(H,29,32)(H,30,31)/t20-,22+,26?/m1/s1. The fraction of sp³-hybridized carbons (Fsp3) is 0.308. The van der Waals surface area contributed by atoms with Crippen LogP contribution in [0.15, 0.2) is 72.3 Å². The number of nitrogens with one attached hydrogen (secondary N) is 2. The van der Waals surface area contributed by atoms with Gasteiger partial charge in [0.25, 0.3) is 5.91 Å². The quantitative estimate of drug-likeness (QED) is 0.482. The minimum absolute atomic E-state index is 0.211. The second kappa shape index (κ2) is 9.50. The first kappa shape index (κ1) is 22.6. The fourth-order valence-corrected chi connectivity index (χ4v) is 3.81. The zero-order valence-corrected chi connectivity index (χ0v) is 18.7. The molecule has 4 rings (SSSR count). The SMILES string of the molecule is CC1(CNC(=O)OCc2ccc([C@H]3C[C@@H]3N)cc2)C=CC(C(=O)Nc2ccccc2N)=CC1. The number of hydrogen-bond donors (Lipinski definition) is 4. The Kier molecular flexibility index (Phi) is 6.51. The van der Waals surface area contributed by atoms with Gasteiger partial charge >= 0.3 is 6.09 Å². The number of allylic oxidation sites excluding steroid dienone is 1. The number of amides is 2. The minimum Gasteiger partial charge on any atom is -0.445 e. The molecule has 1 fully saturated rings. The first-order valence-corrected chi connectivity index (χ1v) is 11.1. The number of rotatable bonds is 7. The summed E-state index contributed by atoms with van der Waals surface area (Å²) in [6.45, 7) is 2.63. The molecule has 2 amide bonds. The maximum absolute atomic E-state index is 12.5. The van der Waals surface area contributed by atoms with E-state index in [-0.39, 0.29) is 24.0 Å². The van der Waals surface area contributed by atoms with E-state index in [9.17, 15) is 9.59 Å². The summed E-state index contributed by atoms with van der Waals surface area (Å²) < 4.78 is 5.35. The van der Waals surface area contributed by atoms with Crippen LogP contribution in [0.5, 0.6) is 0 Å². The number of hydrogen-bond acceptors (Lipinski definition) is 5. The van der Waals surface area contributed by atoms with Gasteiger partial charge in [-0.25, -0.2) is 4.79 Å². The number of alkyl carbamates (subject to hydrolysis) is 1. The van der Waals surface area contributed by atoms with Gasteiger partial charge in [0.2, 0.25) is 0 Å². The van der Waals surface area contributed by atoms with Crippen LogP contribution < -0.4 is 22.1 Å². The molecule has 1 unspecified atom stereocenters. The van der Waals surface area contributed by atoms with Crippen LogP contribution in [-0.2, 0) is 16.1 Å². The van der Waals surface area contributed by atoms with Gasteiger partial charge in [0.15, 0.2) is 0 Å². The maximum atomic E-state index is 12.5. The van der Waals surface area contributed by atoms with E-state index in [1.165, 1.54) is 5.56 Å². The Morgan fingerprint density at radius 2 is 1.88 bits per heavy atom. The Hall–Kier alpha value is -3.58. The van der Waals surface area contributed by atoms with Crippen molar-refractivity contribution in [1.29, 1.82) is 0 Å². The molecular formula is C26H30N4O3. The van der Waals surface area contributed by atoms with Crippen molar-refractivity contribution in [3.8, 4) is 0 Å². The zero-order chi connectivity index (χ0) is 23.4. The Labute approximate surface area is 193 Å². The molecule has 2 aliphatic carbocycles. The van der Waals surface area contributed by atoms with E-state index >= 15 is 0 Å². The van der Waals surface area contributed by atoms with Crippen molar-refractivity contribution in [3.05, 3.63) is 83.5 Å². The highest BCUT2D eigenvalue weighted by Gasteiger charge is 2.34. The highest BCUT2D eigenvalue weighted by Crippen LogP contribution is 2.38. The molecule has 0 bridgehead atoms. The number of benzene rings is 2. The number of para-hydroxylation sites is 2. The molecule has 2 aromatic carbocycles. The third kappa shape index (κ3) is 5.81. The van der Waals surface area contributed by atoms with E-state index in [0.717, 1.165) is 12.0 Å². The molecule has 0 aliphatic heterocycles. The molecule has 0 spiro atoms. The molecule has 0 heterocycles. The molecule has 33 heavy (non-hydrogen) atoms. The molecule has 2 aromatic rings. The van der Waals surface area contributed by atoms with Gasteiger partial charge in [-0.2, -0.15) is 0 Å². The van der Waals surface area contributed by atoms with E-state index in [4.69, 9.17) is 16.2 Å². The van der Waals surface area contributed by atoms with Crippen LogP contribution >= 0.6 is 0 Å². The molecule has 6 N–H and O–H groups in total. The summed E-state index contributed by atoms with van der Waals surface area (Å²) >= 11 is 0. The normalized spacial score (nSPS) is 23.4. The molecule has 3 atom stereocenters. The zero-order valence-electron chi connectivity index (χ0n) is 18.7. The molecule has 1 saturated carbocycles. The van der Waals surface area contributed by atoms with Crippen molar-refractivity contribution in [2.75, 3.05) is 17.6 Å². The highest BCUT2D eigenvalue weighted by atomic mass is 16.5. The minimum atomic E-state index is -0.468. The number of carbonyl (C=O) groups is 2. The summed E-state index contributed by atoms with van der Waals surface area (Å²) in [6, 6.07) is 15.4. The van der Waals surface area contributed by atoms with E-state index in [0.29, 0.717) is 35.8 Å². The van der Waals surface area contributed by atoms with Gasteiger partial charge in [-0.1, -0.05) is 61.5 Å². The summed E-state index contributed by atoms with van der Waals surface area (Å²) in [4.78, 5) is 24.7. The molecule has 0 radical (unpaired) electrons. The average molecular weight is 447 g/mol. The molecular weight excluding hydrogens is 416 g/mol. The summed E-state index contributed by atoms with van der Waals surface area (Å²) in [5.74, 6) is 0.248. The molecule has 0 aromatic heterocycles. The second-order valence-corrected chi connectivity index (χ2v) is 9.07. The van der Waals surface area contributed by atoms with Crippen LogP contribution in [0.25, 0.3) is 0 Å². The predicted molar refractivity (Wildman–Crippen MR) is 129 cm³/mol. The molecule has 7 nitrogen and oxygen atoms in total. The van der Waals surface area contributed by atoms with E-state index in [2.05, 4.69) is 10.6 Å². The number of ether oxygens (including phenoxy) is 1. The van der Waals surface area contributed by atoms with Gasteiger partial charge in [0.1, 0.15) is 6.61 Å². The number of anilines is 2. The van der Waals surface area contributed by atoms with E-state index in [1.54, 1.807) is 18.2 Å². The smallest absolute Gasteiger partial charge is 0.407 e. The van der Waals surface area contributed by atoms with Crippen LogP contribution in [-0.4, -0.2) is 24.6 Å². The van der Waals surface area contributed by atoms with Crippen molar-refractivity contribution in [2.24, 2.45) is 11.1 Å². The number of carbonyl (C=O) groups excluding carboxylic acids is 2. The predicted octanol–water partition coefficient (Wildman–Crippen LogP) is 3.84.